The zero-order valence-electron chi connectivity index (χ0n) is 12.9. The molecule has 0 aromatic heterocycles. The molecule has 0 radical (unpaired) electrons. The first kappa shape index (κ1) is 17.0. The summed E-state index contributed by atoms with van der Waals surface area (Å²) < 4.78 is 5.62. The lowest BCUT2D eigenvalue weighted by molar-refractivity contribution is 0.0641. The minimum Gasteiger partial charge on any atom is -0.491 e. The van der Waals surface area contributed by atoms with Gasteiger partial charge in [-0.3, -0.25) is 0 Å². The van der Waals surface area contributed by atoms with E-state index in [2.05, 4.69) is 18.7 Å². The second kappa shape index (κ2) is 8.95. The molecule has 0 saturated carbocycles. The van der Waals surface area contributed by atoms with Gasteiger partial charge in [-0.25, -0.2) is 0 Å². The summed E-state index contributed by atoms with van der Waals surface area (Å²) in [5.74, 6) is 0.760. The van der Waals surface area contributed by atoms with Gasteiger partial charge in [0.25, 0.3) is 0 Å². The maximum absolute atomic E-state index is 10.0. The molecule has 3 N–H and O–H groups in total. The highest BCUT2D eigenvalue weighted by atomic mass is 16.5. The highest BCUT2D eigenvalue weighted by Crippen LogP contribution is 2.13. The third-order valence-electron chi connectivity index (χ3n) is 3.53. The van der Waals surface area contributed by atoms with Gasteiger partial charge in [-0.1, -0.05) is 25.5 Å². The molecule has 4 heteroatoms. The van der Waals surface area contributed by atoms with Gasteiger partial charge < -0.3 is 20.5 Å². The fraction of sp³-hybridized carbons (Fsp3) is 0.625. The number of hydrogen-bond acceptors (Lipinski definition) is 4. The summed E-state index contributed by atoms with van der Waals surface area (Å²) in [5, 5.41) is 10.0. The lowest BCUT2D eigenvalue weighted by Crippen LogP contribution is -2.38. The number of nitrogens with zero attached hydrogens (tertiary/aromatic N) is 1. The SMILES string of the molecule is CCCC(C)N(C)CC(O)COc1cccc(CN)c1. The molecule has 0 heterocycles. The van der Waals surface area contributed by atoms with Crippen molar-refractivity contribution in [3.05, 3.63) is 29.8 Å². The fourth-order valence-corrected chi connectivity index (χ4v) is 2.16. The highest BCUT2D eigenvalue weighted by molar-refractivity contribution is 5.28. The Morgan fingerprint density at radius 1 is 1.40 bits per heavy atom. The van der Waals surface area contributed by atoms with Crippen molar-refractivity contribution in [2.24, 2.45) is 5.73 Å². The first-order valence-electron chi connectivity index (χ1n) is 7.37. The maximum atomic E-state index is 10.0. The van der Waals surface area contributed by atoms with Crippen LogP contribution in [-0.2, 0) is 6.54 Å². The van der Waals surface area contributed by atoms with E-state index in [1.807, 2.05) is 31.3 Å². The molecule has 0 fully saturated rings. The average molecular weight is 280 g/mol. The Balaban J connectivity index is 2.37. The van der Waals surface area contributed by atoms with Gasteiger partial charge in [-0.15, -0.1) is 0 Å². The van der Waals surface area contributed by atoms with Crippen molar-refractivity contribution in [2.75, 3.05) is 20.2 Å². The van der Waals surface area contributed by atoms with Crippen LogP contribution in [0, 0.1) is 0 Å². The van der Waals surface area contributed by atoms with Crippen molar-refractivity contribution >= 4 is 0 Å². The Morgan fingerprint density at radius 2 is 2.15 bits per heavy atom. The van der Waals surface area contributed by atoms with E-state index in [1.165, 1.54) is 0 Å². The smallest absolute Gasteiger partial charge is 0.119 e. The van der Waals surface area contributed by atoms with Gasteiger partial charge in [0, 0.05) is 19.1 Å². The van der Waals surface area contributed by atoms with Crippen LogP contribution >= 0.6 is 0 Å². The van der Waals surface area contributed by atoms with Gasteiger partial charge in [-0.05, 0) is 38.1 Å². The van der Waals surface area contributed by atoms with Crippen LogP contribution in [0.25, 0.3) is 0 Å². The maximum Gasteiger partial charge on any atom is 0.119 e. The summed E-state index contributed by atoms with van der Waals surface area (Å²) in [5.41, 5.74) is 6.62. The van der Waals surface area contributed by atoms with E-state index in [0.29, 0.717) is 25.7 Å². The van der Waals surface area contributed by atoms with Gasteiger partial charge in [0.05, 0.1) is 0 Å². The Morgan fingerprint density at radius 3 is 2.80 bits per heavy atom. The Labute approximate surface area is 122 Å². The lowest BCUT2D eigenvalue weighted by Gasteiger charge is -2.26. The number of benzene rings is 1. The third-order valence-corrected chi connectivity index (χ3v) is 3.53. The van der Waals surface area contributed by atoms with Crippen LogP contribution in [0.15, 0.2) is 24.3 Å². The number of aliphatic hydroxyl groups excluding tert-OH is 1. The van der Waals surface area contributed by atoms with E-state index in [4.69, 9.17) is 10.5 Å². The number of aliphatic hydroxyl groups is 1. The second-order valence-corrected chi connectivity index (χ2v) is 5.39. The second-order valence-electron chi connectivity index (χ2n) is 5.39. The van der Waals surface area contributed by atoms with Crippen molar-refractivity contribution in [1.29, 1.82) is 0 Å². The molecule has 0 amide bonds. The molecular formula is C16H28N2O2. The van der Waals surface area contributed by atoms with Crippen molar-refractivity contribution in [3.63, 3.8) is 0 Å². The summed E-state index contributed by atoms with van der Waals surface area (Å²) in [4.78, 5) is 2.17. The van der Waals surface area contributed by atoms with Crippen LogP contribution in [0.5, 0.6) is 5.75 Å². The van der Waals surface area contributed by atoms with E-state index in [9.17, 15) is 5.11 Å². The lowest BCUT2D eigenvalue weighted by atomic mass is 10.1. The number of hydrogen-bond donors (Lipinski definition) is 2. The zero-order chi connectivity index (χ0) is 15.0. The first-order chi connectivity index (χ1) is 9.56. The van der Waals surface area contributed by atoms with Crippen molar-refractivity contribution < 1.29 is 9.84 Å². The molecule has 1 aromatic carbocycles. The number of nitrogens with two attached hydrogens (primary N) is 1. The van der Waals surface area contributed by atoms with E-state index < -0.39 is 6.10 Å². The summed E-state index contributed by atoms with van der Waals surface area (Å²) in [6, 6.07) is 8.16. The largest absolute Gasteiger partial charge is 0.491 e. The monoisotopic (exact) mass is 280 g/mol. The molecule has 0 bridgehead atoms. The summed E-state index contributed by atoms with van der Waals surface area (Å²) in [7, 11) is 2.04. The third kappa shape index (κ3) is 5.90. The Bertz CT molecular complexity index is 384. The minimum absolute atomic E-state index is 0.303. The molecule has 1 rings (SSSR count). The summed E-state index contributed by atoms with van der Waals surface area (Å²) in [6.45, 7) is 5.78. The van der Waals surface area contributed by atoms with Crippen LogP contribution < -0.4 is 10.5 Å². The molecular weight excluding hydrogens is 252 g/mol. The van der Waals surface area contributed by atoms with Gasteiger partial charge in [0.15, 0.2) is 0 Å². The van der Waals surface area contributed by atoms with Gasteiger partial charge in [0.1, 0.15) is 18.5 Å². The summed E-state index contributed by atoms with van der Waals surface area (Å²) in [6.07, 6.45) is 1.81. The van der Waals surface area contributed by atoms with Crippen LogP contribution in [0.1, 0.15) is 32.3 Å². The number of ether oxygens (including phenoxy) is 1. The molecule has 0 saturated heterocycles. The van der Waals surface area contributed by atoms with Crippen LogP contribution in [-0.4, -0.2) is 42.4 Å². The molecule has 0 aliphatic heterocycles. The van der Waals surface area contributed by atoms with Crippen LogP contribution in [0.2, 0.25) is 0 Å². The van der Waals surface area contributed by atoms with Crippen LogP contribution in [0.4, 0.5) is 0 Å². The van der Waals surface area contributed by atoms with Gasteiger partial charge >= 0.3 is 0 Å². The molecule has 4 nitrogen and oxygen atoms in total. The van der Waals surface area contributed by atoms with E-state index in [0.717, 1.165) is 24.2 Å². The molecule has 20 heavy (non-hydrogen) atoms. The fourth-order valence-electron chi connectivity index (χ4n) is 2.16. The molecule has 2 atom stereocenters. The molecule has 0 spiro atoms. The number of rotatable bonds is 9. The van der Waals surface area contributed by atoms with E-state index >= 15 is 0 Å². The van der Waals surface area contributed by atoms with Gasteiger partial charge in [-0.2, -0.15) is 0 Å². The molecule has 0 aliphatic rings. The first-order valence-corrected chi connectivity index (χ1v) is 7.37. The standard InChI is InChI=1S/C16H28N2O2/c1-4-6-13(2)18(3)11-15(19)12-20-16-8-5-7-14(9-16)10-17/h5,7-9,13,15,19H,4,6,10-12,17H2,1-3H3. The Kier molecular flexibility index (Phi) is 7.59. The van der Waals surface area contributed by atoms with E-state index in [1.54, 1.807) is 0 Å². The summed E-state index contributed by atoms with van der Waals surface area (Å²) >= 11 is 0. The molecule has 1 aromatic rings. The zero-order valence-corrected chi connectivity index (χ0v) is 12.9. The highest BCUT2D eigenvalue weighted by Gasteiger charge is 2.13. The minimum atomic E-state index is -0.485. The quantitative estimate of drug-likeness (QED) is 0.726. The van der Waals surface area contributed by atoms with Gasteiger partial charge in [0.2, 0.25) is 0 Å². The average Bonchev–Trinajstić information content (AvgIpc) is 2.45. The Hall–Kier alpha value is -1.10. The van der Waals surface area contributed by atoms with Crippen molar-refractivity contribution in [2.45, 2.75) is 45.4 Å². The molecule has 0 aliphatic carbocycles. The van der Waals surface area contributed by atoms with Crippen LogP contribution in [0.3, 0.4) is 0 Å². The van der Waals surface area contributed by atoms with E-state index in [-0.39, 0.29) is 0 Å². The molecule has 114 valence electrons. The predicted octanol–water partition coefficient (Wildman–Crippen LogP) is 2.01. The van der Waals surface area contributed by atoms with Crippen molar-refractivity contribution in [3.8, 4) is 5.75 Å². The molecule has 2 unspecified atom stereocenters. The topological polar surface area (TPSA) is 58.7 Å². The predicted molar refractivity (Wildman–Crippen MR) is 82.8 cm³/mol. The number of likely N-dealkylation sites (N-methyl/N-ethyl adjacent to an activating group) is 1. The normalized spacial score (nSPS) is 14.3. The van der Waals surface area contributed by atoms with Crippen molar-refractivity contribution in [1.82, 2.24) is 4.90 Å².